The van der Waals surface area contributed by atoms with Crippen LogP contribution in [0, 0.1) is 17.2 Å². The zero-order valence-electron chi connectivity index (χ0n) is 13.2. The van der Waals surface area contributed by atoms with Crippen molar-refractivity contribution in [1.29, 1.82) is 5.41 Å². The highest BCUT2D eigenvalue weighted by Gasteiger charge is 2.43. The average Bonchev–Trinajstić information content (AvgIpc) is 2.54. The van der Waals surface area contributed by atoms with E-state index in [1.165, 1.54) is 0 Å². The first-order valence-corrected chi connectivity index (χ1v) is 8.53. The lowest BCUT2D eigenvalue weighted by Crippen LogP contribution is -2.49. The van der Waals surface area contributed by atoms with E-state index in [-0.39, 0.29) is 11.8 Å². The quantitative estimate of drug-likeness (QED) is 0.361. The van der Waals surface area contributed by atoms with Crippen molar-refractivity contribution in [3.05, 3.63) is 35.9 Å². The number of nitrogens with one attached hydrogen (secondary N) is 1. The van der Waals surface area contributed by atoms with E-state index in [9.17, 15) is 4.79 Å². The van der Waals surface area contributed by atoms with Crippen molar-refractivity contribution in [2.45, 2.75) is 30.0 Å². The molecule has 8 heteroatoms. The van der Waals surface area contributed by atoms with E-state index in [1.807, 2.05) is 13.8 Å². The molecule has 0 aromatic heterocycles. The number of alkyl halides is 3. The van der Waals surface area contributed by atoms with E-state index >= 15 is 0 Å². The summed E-state index contributed by atoms with van der Waals surface area (Å²) in [7, 11) is 0. The third-order valence-electron chi connectivity index (χ3n) is 3.95. The Morgan fingerprint density at radius 2 is 1.83 bits per heavy atom. The van der Waals surface area contributed by atoms with E-state index in [2.05, 4.69) is 0 Å². The van der Waals surface area contributed by atoms with Gasteiger partial charge in [0.25, 0.3) is 3.79 Å². The SMILES string of the molecule is C[C@@H]1C(OC(=O)c2ccccc2)[C@H](OC(=N)C(Cl)(Cl)Cl)OC[C@@H]1C. The Labute approximate surface area is 155 Å². The van der Waals surface area contributed by atoms with Gasteiger partial charge in [0.15, 0.2) is 6.10 Å². The molecule has 1 heterocycles. The topological polar surface area (TPSA) is 68.6 Å². The maximum atomic E-state index is 12.3. The number of esters is 1. The Bertz CT molecular complexity index is 591. The van der Waals surface area contributed by atoms with Crippen molar-refractivity contribution < 1.29 is 19.0 Å². The molecule has 1 aromatic rings. The van der Waals surface area contributed by atoms with Gasteiger partial charge in [0.1, 0.15) is 0 Å². The Morgan fingerprint density at radius 3 is 2.42 bits per heavy atom. The van der Waals surface area contributed by atoms with Gasteiger partial charge in [0, 0.05) is 5.92 Å². The molecule has 0 radical (unpaired) electrons. The van der Waals surface area contributed by atoms with Crippen LogP contribution in [0.2, 0.25) is 0 Å². The van der Waals surface area contributed by atoms with Gasteiger partial charge in [-0.25, -0.2) is 4.79 Å². The fourth-order valence-corrected chi connectivity index (χ4v) is 2.41. The predicted octanol–water partition coefficient (Wildman–Crippen LogP) is 4.20. The Kier molecular flexibility index (Phi) is 6.37. The Balaban J connectivity index is 2.14. The van der Waals surface area contributed by atoms with Crippen LogP contribution in [0.3, 0.4) is 0 Å². The van der Waals surface area contributed by atoms with Crippen molar-refractivity contribution >= 4 is 46.7 Å². The lowest BCUT2D eigenvalue weighted by molar-refractivity contribution is -0.211. The third kappa shape index (κ3) is 4.76. The molecule has 1 aliphatic rings. The van der Waals surface area contributed by atoms with Gasteiger partial charge in [0.05, 0.1) is 12.2 Å². The van der Waals surface area contributed by atoms with Crippen LogP contribution in [0.5, 0.6) is 0 Å². The molecule has 1 aliphatic heterocycles. The van der Waals surface area contributed by atoms with Crippen molar-refractivity contribution in [2.75, 3.05) is 6.61 Å². The molecule has 0 spiro atoms. The zero-order valence-corrected chi connectivity index (χ0v) is 15.4. The number of benzene rings is 1. The first kappa shape index (κ1) is 19.3. The van der Waals surface area contributed by atoms with Gasteiger partial charge >= 0.3 is 5.97 Å². The molecule has 0 aliphatic carbocycles. The molecule has 132 valence electrons. The van der Waals surface area contributed by atoms with Crippen LogP contribution in [0.4, 0.5) is 0 Å². The lowest BCUT2D eigenvalue weighted by Gasteiger charge is -2.39. The summed E-state index contributed by atoms with van der Waals surface area (Å²) in [6.45, 7) is 4.29. The summed E-state index contributed by atoms with van der Waals surface area (Å²) in [4.78, 5) is 12.3. The van der Waals surface area contributed by atoms with Gasteiger partial charge in [0.2, 0.25) is 12.2 Å². The van der Waals surface area contributed by atoms with Gasteiger partial charge in [-0.3, -0.25) is 5.41 Å². The van der Waals surface area contributed by atoms with Crippen LogP contribution in [-0.4, -0.2) is 34.7 Å². The minimum absolute atomic E-state index is 0.0559. The van der Waals surface area contributed by atoms with E-state index in [1.54, 1.807) is 30.3 Å². The molecule has 1 fully saturated rings. The van der Waals surface area contributed by atoms with Crippen molar-refractivity contribution in [1.82, 2.24) is 0 Å². The number of hydrogen-bond acceptors (Lipinski definition) is 5. The van der Waals surface area contributed by atoms with Crippen molar-refractivity contribution in [3.63, 3.8) is 0 Å². The molecule has 24 heavy (non-hydrogen) atoms. The summed E-state index contributed by atoms with van der Waals surface area (Å²) >= 11 is 16.9. The summed E-state index contributed by atoms with van der Waals surface area (Å²) in [6.07, 6.45) is -1.74. The molecule has 0 saturated carbocycles. The highest BCUT2D eigenvalue weighted by atomic mass is 35.6. The Morgan fingerprint density at radius 1 is 1.21 bits per heavy atom. The minimum Gasteiger partial charge on any atom is -0.452 e. The minimum atomic E-state index is -2.01. The smallest absolute Gasteiger partial charge is 0.338 e. The van der Waals surface area contributed by atoms with Gasteiger partial charge in [-0.15, -0.1) is 0 Å². The highest BCUT2D eigenvalue weighted by Crippen LogP contribution is 2.33. The van der Waals surface area contributed by atoms with Crippen LogP contribution in [-0.2, 0) is 14.2 Å². The van der Waals surface area contributed by atoms with Crippen LogP contribution < -0.4 is 0 Å². The fraction of sp³-hybridized carbons (Fsp3) is 0.500. The molecule has 1 aromatic carbocycles. The molecule has 1 unspecified atom stereocenters. The average molecular weight is 395 g/mol. The number of halogens is 3. The third-order valence-corrected chi connectivity index (χ3v) is 4.47. The van der Waals surface area contributed by atoms with Crippen LogP contribution in [0.1, 0.15) is 24.2 Å². The van der Waals surface area contributed by atoms with Gasteiger partial charge in [-0.05, 0) is 18.1 Å². The largest absolute Gasteiger partial charge is 0.452 e. The monoisotopic (exact) mass is 393 g/mol. The molecule has 1 N–H and O–H groups in total. The molecule has 0 amide bonds. The summed E-state index contributed by atoms with van der Waals surface area (Å²) in [5.74, 6) is -1.00. The van der Waals surface area contributed by atoms with E-state index in [0.29, 0.717) is 12.2 Å². The first-order valence-electron chi connectivity index (χ1n) is 7.40. The number of hydrogen-bond donors (Lipinski definition) is 1. The maximum absolute atomic E-state index is 12.3. The second-order valence-corrected chi connectivity index (χ2v) is 8.00. The highest BCUT2D eigenvalue weighted by molar-refractivity contribution is 6.76. The second-order valence-electron chi connectivity index (χ2n) is 5.72. The van der Waals surface area contributed by atoms with Crippen LogP contribution in [0.25, 0.3) is 0 Å². The van der Waals surface area contributed by atoms with Gasteiger partial charge in [-0.2, -0.15) is 0 Å². The molecule has 0 bridgehead atoms. The summed E-state index contributed by atoms with van der Waals surface area (Å²) in [5, 5.41) is 7.69. The van der Waals surface area contributed by atoms with Gasteiger partial charge < -0.3 is 14.2 Å². The summed E-state index contributed by atoms with van der Waals surface area (Å²) in [5.41, 5.74) is 0.415. The molecule has 5 nitrogen and oxygen atoms in total. The zero-order chi connectivity index (χ0) is 17.9. The molecular formula is C16H18Cl3NO4. The van der Waals surface area contributed by atoms with Crippen molar-refractivity contribution in [2.24, 2.45) is 11.8 Å². The van der Waals surface area contributed by atoms with E-state index < -0.39 is 28.1 Å². The number of carbonyl (C=O) groups is 1. The number of ether oxygens (including phenoxy) is 3. The normalized spacial score (nSPS) is 27.4. The molecular weight excluding hydrogens is 377 g/mol. The number of rotatable bonds is 3. The molecule has 1 saturated heterocycles. The second kappa shape index (κ2) is 7.91. The van der Waals surface area contributed by atoms with Gasteiger partial charge in [-0.1, -0.05) is 66.8 Å². The van der Waals surface area contributed by atoms with Crippen LogP contribution >= 0.6 is 34.8 Å². The predicted molar refractivity (Wildman–Crippen MR) is 92.8 cm³/mol. The standard InChI is InChI=1S/C16H18Cl3NO4/c1-9-8-22-14(24-15(20)16(17,18)19)12(10(9)2)23-13(21)11-6-4-3-5-7-11/h3-7,9-10,12,14,20H,8H2,1-2H3/t9-,10-,12?,14-/m0/s1. The van der Waals surface area contributed by atoms with E-state index in [0.717, 1.165) is 0 Å². The number of carbonyl (C=O) groups excluding carboxylic acids is 1. The van der Waals surface area contributed by atoms with Crippen LogP contribution in [0.15, 0.2) is 30.3 Å². The Hall–Kier alpha value is -1.01. The lowest BCUT2D eigenvalue weighted by atomic mass is 9.88. The van der Waals surface area contributed by atoms with Crippen molar-refractivity contribution in [3.8, 4) is 0 Å². The van der Waals surface area contributed by atoms with E-state index in [4.69, 9.17) is 54.4 Å². The summed E-state index contributed by atoms with van der Waals surface area (Å²) in [6, 6.07) is 8.59. The molecule has 2 rings (SSSR count). The fourth-order valence-electron chi connectivity index (χ4n) is 2.28. The maximum Gasteiger partial charge on any atom is 0.338 e. The first-order chi connectivity index (χ1) is 11.2. The molecule has 4 atom stereocenters. The summed E-state index contributed by atoms with van der Waals surface area (Å²) < 4.78 is 14.4.